The minimum absolute atomic E-state index is 0.237. The second-order valence-corrected chi connectivity index (χ2v) is 7.31. The topological polar surface area (TPSA) is 52.7 Å². The van der Waals surface area contributed by atoms with Crippen molar-refractivity contribution in [3.05, 3.63) is 0 Å². The van der Waals surface area contributed by atoms with Gasteiger partial charge in [0, 0.05) is 44.5 Å². The molecule has 1 saturated heterocycles. The molecule has 0 spiro atoms. The van der Waals surface area contributed by atoms with E-state index in [1.807, 2.05) is 0 Å². The molecule has 1 aliphatic heterocycles. The quantitative estimate of drug-likeness (QED) is 0.640. The summed E-state index contributed by atoms with van der Waals surface area (Å²) in [5.74, 6) is 0.483. The van der Waals surface area contributed by atoms with Gasteiger partial charge in [-0.2, -0.15) is 0 Å². The van der Waals surface area contributed by atoms with Crippen LogP contribution in [0.5, 0.6) is 0 Å². The normalized spacial score (nSPS) is 24.1. The number of piperazine rings is 1. The van der Waals surface area contributed by atoms with Gasteiger partial charge in [-0.1, -0.05) is 6.92 Å². The molecule has 1 unspecified atom stereocenters. The summed E-state index contributed by atoms with van der Waals surface area (Å²) >= 11 is 0. The molecule has 1 N–H and O–H groups in total. The van der Waals surface area contributed by atoms with Crippen molar-refractivity contribution in [1.82, 2.24) is 15.1 Å². The lowest BCUT2D eigenvalue weighted by Gasteiger charge is -2.37. The molecule has 1 aliphatic rings. The van der Waals surface area contributed by atoms with Crippen LogP contribution < -0.4 is 5.32 Å². The Morgan fingerprint density at radius 3 is 2.65 bits per heavy atom. The van der Waals surface area contributed by atoms with Gasteiger partial charge in [0.2, 0.25) is 0 Å². The van der Waals surface area contributed by atoms with Gasteiger partial charge in [-0.25, -0.2) is 8.42 Å². The van der Waals surface area contributed by atoms with Gasteiger partial charge in [-0.15, -0.1) is 0 Å². The molecule has 0 aromatic carbocycles. The van der Waals surface area contributed by atoms with Gasteiger partial charge in [0.25, 0.3) is 0 Å². The minimum Gasteiger partial charge on any atom is -0.314 e. The zero-order chi connectivity index (χ0) is 12.9. The van der Waals surface area contributed by atoms with E-state index in [-0.39, 0.29) is 11.5 Å². The SMILES string of the molecule is CCS(=O)(=O)CCNCC1CN(C)CCN1C. The molecule has 0 saturated carbocycles. The van der Waals surface area contributed by atoms with Crippen molar-refractivity contribution in [2.45, 2.75) is 13.0 Å². The van der Waals surface area contributed by atoms with E-state index in [0.717, 1.165) is 26.2 Å². The summed E-state index contributed by atoms with van der Waals surface area (Å²) in [6.45, 7) is 6.35. The Kier molecular flexibility index (Phi) is 5.85. The molecule has 0 bridgehead atoms. The summed E-state index contributed by atoms with van der Waals surface area (Å²) in [5, 5.41) is 3.25. The Labute approximate surface area is 105 Å². The molecule has 0 radical (unpaired) electrons. The molecular formula is C11H25N3O2S. The second-order valence-electron chi connectivity index (χ2n) is 4.84. The first-order valence-corrected chi connectivity index (χ1v) is 8.06. The smallest absolute Gasteiger partial charge is 0.151 e. The van der Waals surface area contributed by atoms with Crippen LogP contribution in [0, 0.1) is 0 Å². The maximum Gasteiger partial charge on any atom is 0.151 e. The fraction of sp³-hybridized carbons (Fsp3) is 1.00. The molecule has 102 valence electrons. The predicted molar refractivity (Wildman–Crippen MR) is 71.1 cm³/mol. The van der Waals surface area contributed by atoms with E-state index in [1.54, 1.807) is 6.92 Å². The van der Waals surface area contributed by atoms with Gasteiger partial charge >= 0.3 is 0 Å². The van der Waals surface area contributed by atoms with Crippen molar-refractivity contribution in [1.29, 1.82) is 0 Å². The first-order chi connectivity index (χ1) is 7.94. The van der Waals surface area contributed by atoms with Crippen LogP contribution in [-0.4, -0.2) is 82.6 Å². The number of nitrogens with one attached hydrogen (secondary N) is 1. The summed E-state index contributed by atoms with van der Waals surface area (Å²) < 4.78 is 22.6. The molecule has 5 nitrogen and oxygen atoms in total. The molecule has 0 amide bonds. The standard InChI is InChI=1S/C11H25N3O2S/c1-4-17(15,16)8-5-12-9-11-10-13(2)6-7-14(11)3/h11-12H,4-10H2,1-3H3. The summed E-state index contributed by atoms with van der Waals surface area (Å²) in [7, 11) is 1.42. The third-order valence-electron chi connectivity index (χ3n) is 3.39. The molecule has 6 heteroatoms. The molecule has 17 heavy (non-hydrogen) atoms. The van der Waals surface area contributed by atoms with Crippen LogP contribution in [0.1, 0.15) is 6.92 Å². The molecular weight excluding hydrogens is 238 g/mol. The van der Waals surface area contributed by atoms with Gasteiger partial charge in [-0.3, -0.25) is 4.90 Å². The lowest BCUT2D eigenvalue weighted by molar-refractivity contribution is 0.114. The molecule has 1 heterocycles. The van der Waals surface area contributed by atoms with E-state index in [2.05, 4.69) is 29.2 Å². The van der Waals surface area contributed by atoms with Gasteiger partial charge in [0.15, 0.2) is 9.84 Å². The van der Waals surface area contributed by atoms with Crippen LogP contribution in [-0.2, 0) is 9.84 Å². The van der Waals surface area contributed by atoms with Crippen LogP contribution in [0.4, 0.5) is 0 Å². The van der Waals surface area contributed by atoms with Crippen LogP contribution in [0.2, 0.25) is 0 Å². The van der Waals surface area contributed by atoms with Gasteiger partial charge < -0.3 is 10.2 Å². The number of nitrogens with zero attached hydrogens (tertiary/aromatic N) is 2. The van der Waals surface area contributed by atoms with Gasteiger partial charge in [-0.05, 0) is 14.1 Å². The summed E-state index contributed by atoms with van der Waals surface area (Å²) in [6, 6.07) is 0.484. The van der Waals surface area contributed by atoms with Crippen LogP contribution in [0.3, 0.4) is 0 Å². The Balaban J connectivity index is 2.22. The maximum atomic E-state index is 11.3. The molecule has 1 rings (SSSR count). The van der Waals surface area contributed by atoms with E-state index < -0.39 is 9.84 Å². The average Bonchev–Trinajstić information content (AvgIpc) is 2.29. The van der Waals surface area contributed by atoms with Crippen LogP contribution in [0.15, 0.2) is 0 Å². The summed E-state index contributed by atoms with van der Waals surface area (Å²) in [4.78, 5) is 4.65. The molecule has 0 aliphatic carbocycles. The lowest BCUT2D eigenvalue weighted by atomic mass is 10.2. The molecule has 1 fully saturated rings. The Bertz CT molecular complexity index is 319. The highest BCUT2D eigenvalue weighted by Gasteiger charge is 2.21. The Morgan fingerprint density at radius 2 is 2.00 bits per heavy atom. The first kappa shape index (κ1) is 14.9. The zero-order valence-electron chi connectivity index (χ0n) is 11.1. The van der Waals surface area contributed by atoms with Crippen molar-refractivity contribution < 1.29 is 8.42 Å². The van der Waals surface area contributed by atoms with E-state index in [1.165, 1.54) is 0 Å². The largest absolute Gasteiger partial charge is 0.314 e. The molecule has 0 aromatic heterocycles. The minimum atomic E-state index is -2.83. The number of hydrogen-bond donors (Lipinski definition) is 1. The lowest BCUT2D eigenvalue weighted by Crippen LogP contribution is -2.54. The van der Waals surface area contributed by atoms with E-state index in [9.17, 15) is 8.42 Å². The molecule has 1 atom stereocenters. The highest BCUT2D eigenvalue weighted by atomic mass is 32.2. The van der Waals surface area contributed by atoms with Crippen molar-refractivity contribution in [3.63, 3.8) is 0 Å². The number of likely N-dealkylation sites (N-methyl/N-ethyl adjacent to an activating group) is 2. The number of rotatable bonds is 6. The van der Waals surface area contributed by atoms with Crippen molar-refractivity contribution in [2.75, 3.05) is 58.3 Å². The maximum absolute atomic E-state index is 11.3. The van der Waals surface area contributed by atoms with Crippen LogP contribution >= 0.6 is 0 Å². The average molecular weight is 263 g/mol. The second kappa shape index (κ2) is 6.68. The third kappa shape index (κ3) is 5.33. The third-order valence-corrected chi connectivity index (χ3v) is 5.10. The fourth-order valence-corrected chi connectivity index (χ4v) is 2.71. The first-order valence-electron chi connectivity index (χ1n) is 6.24. The van der Waals surface area contributed by atoms with Crippen LogP contribution in [0.25, 0.3) is 0 Å². The number of hydrogen-bond acceptors (Lipinski definition) is 5. The van der Waals surface area contributed by atoms with E-state index in [4.69, 9.17) is 0 Å². The highest BCUT2D eigenvalue weighted by molar-refractivity contribution is 7.91. The van der Waals surface area contributed by atoms with Crippen molar-refractivity contribution >= 4 is 9.84 Å². The predicted octanol–water partition coefficient (Wildman–Crippen LogP) is -0.743. The summed E-state index contributed by atoms with van der Waals surface area (Å²) in [6.07, 6.45) is 0. The highest BCUT2D eigenvalue weighted by Crippen LogP contribution is 2.04. The summed E-state index contributed by atoms with van der Waals surface area (Å²) in [5.41, 5.74) is 0. The van der Waals surface area contributed by atoms with Crippen molar-refractivity contribution in [2.24, 2.45) is 0 Å². The van der Waals surface area contributed by atoms with Crippen molar-refractivity contribution in [3.8, 4) is 0 Å². The van der Waals surface area contributed by atoms with Gasteiger partial charge in [0.1, 0.15) is 0 Å². The van der Waals surface area contributed by atoms with E-state index in [0.29, 0.717) is 12.6 Å². The number of sulfone groups is 1. The van der Waals surface area contributed by atoms with Gasteiger partial charge in [0.05, 0.1) is 5.75 Å². The molecule has 0 aromatic rings. The fourth-order valence-electron chi connectivity index (χ4n) is 1.96. The Morgan fingerprint density at radius 1 is 1.29 bits per heavy atom. The monoisotopic (exact) mass is 263 g/mol. The van der Waals surface area contributed by atoms with E-state index >= 15 is 0 Å². The Hall–Kier alpha value is -0.170. The zero-order valence-corrected chi connectivity index (χ0v) is 12.0.